The fourth-order valence-corrected chi connectivity index (χ4v) is 1.94. The molecule has 1 aromatic heterocycles. The topological polar surface area (TPSA) is 38.1 Å². The number of hydrogen-bond acceptors (Lipinski definition) is 2. The molecule has 1 N–H and O–H groups in total. The second-order valence-corrected chi connectivity index (χ2v) is 4.14. The molecular formula is C13H16N2O. The zero-order valence-electron chi connectivity index (χ0n) is 9.81. The summed E-state index contributed by atoms with van der Waals surface area (Å²) in [6.45, 7) is 4.06. The molecule has 0 radical (unpaired) electrons. The molecule has 0 amide bonds. The van der Waals surface area contributed by atoms with Gasteiger partial charge < -0.3 is 5.11 Å². The molecule has 3 nitrogen and oxygen atoms in total. The average Bonchev–Trinajstić information content (AvgIpc) is 2.63. The molecule has 1 aromatic carbocycles. The van der Waals surface area contributed by atoms with Gasteiger partial charge in [0, 0.05) is 13.2 Å². The number of aliphatic hydroxyl groups is 1. The molecule has 84 valence electrons. The lowest BCUT2D eigenvalue weighted by atomic mass is 9.99. The molecule has 16 heavy (non-hydrogen) atoms. The van der Waals surface area contributed by atoms with Crippen molar-refractivity contribution in [3.8, 4) is 0 Å². The van der Waals surface area contributed by atoms with E-state index in [2.05, 4.69) is 11.2 Å². The number of aryl methyl sites for hydroxylation is 3. The van der Waals surface area contributed by atoms with Crippen molar-refractivity contribution in [2.75, 3.05) is 0 Å². The van der Waals surface area contributed by atoms with Crippen molar-refractivity contribution in [1.82, 2.24) is 9.78 Å². The van der Waals surface area contributed by atoms with E-state index in [0.29, 0.717) is 0 Å². The maximum absolute atomic E-state index is 10.3. The van der Waals surface area contributed by atoms with E-state index in [-0.39, 0.29) is 0 Å². The van der Waals surface area contributed by atoms with E-state index in [9.17, 15) is 5.11 Å². The van der Waals surface area contributed by atoms with E-state index in [1.165, 1.54) is 5.56 Å². The van der Waals surface area contributed by atoms with Crippen LogP contribution in [-0.2, 0) is 7.05 Å². The molecule has 0 bridgehead atoms. The third-order valence-electron chi connectivity index (χ3n) is 2.86. The van der Waals surface area contributed by atoms with Crippen LogP contribution >= 0.6 is 0 Å². The normalized spacial score (nSPS) is 12.8. The lowest BCUT2D eigenvalue weighted by Gasteiger charge is -2.14. The highest BCUT2D eigenvalue weighted by Gasteiger charge is 2.15. The minimum atomic E-state index is -0.604. The summed E-state index contributed by atoms with van der Waals surface area (Å²) < 4.78 is 1.70. The molecule has 2 aromatic rings. The predicted molar refractivity (Wildman–Crippen MR) is 63.2 cm³/mol. The van der Waals surface area contributed by atoms with Crippen LogP contribution in [0.15, 0.2) is 30.5 Å². The molecule has 0 aliphatic rings. The summed E-state index contributed by atoms with van der Waals surface area (Å²) >= 11 is 0. The highest BCUT2D eigenvalue weighted by atomic mass is 16.3. The van der Waals surface area contributed by atoms with Gasteiger partial charge in [-0.2, -0.15) is 5.10 Å². The van der Waals surface area contributed by atoms with Crippen molar-refractivity contribution in [3.63, 3.8) is 0 Å². The Labute approximate surface area is 95.3 Å². The fraction of sp³-hybridized carbons (Fsp3) is 0.308. The molecule has 1 atom stereocenters. The SMILES string of the molecule is Cc1ccc(C(O)c2ccnn2C)c(C)c1. The summed E-state index contributed by atoms with van der Waals surface area (Å²) in [5.41, 5.74) is 4.06. The molecule has 0 spiro atoms. The average molecular weight is 216 g/mol. The molecule has 1 heterocycles. The molecule has 0 aliphatic carbocycles. The Morgan fingerprint density at radius 1 is 1.25 bits per heavy atom. The van der Waals surface area contributed by atoms with Gasteiger partial charge in [0.2, 0.25) is 0 Å². The van der Waals surface area contributed by atoms with Crippen molar-refractivity contribution in [2.24, 2.45) is 7.05 Å². The highest BCUT2D eigenvalue weighted by Crippen LogP contribution is 2.24. The van der Waals surface area contributed by atoms with Gasteiger partial charge in [0.15, 0.2) is 0 Å². The Bertz CT molecular complexity index is 502. The molecule has 1 unspecified atom stereocenters. The van der Waals surface area contributed by atoms with Crippen LogP contribution in [0.25, 0.3) is 0 Å². The van der Waals surface area contributed by atoms with E-state index in [1.54, 1.807) is 10.9 Å². The van der Waals surface area contributed by atoms with Crippen LogP contribution < -0.4 is 0 Å². The van der Waals surface area contributed by atoms with Gasteiger partial charge in [0.25, 0.3) is 0 Å². The van der Waals surface area contributed by atoms with Crippen molar-refractivity contribution in [1.29, 1.82) is 0 Å². The van der Waals surface area contributed by atoms with E-state index < -0.39 is 6.10 Å². The van der Waals surface area contributed by atoms with Gasteiger partial charge in [0.1, 0.15) is 6.10 Å². The van der Waals surface area contributed by atoms with E-state index >= 15 is 0 Å². The van der Waals surface area contributed by atoms with Gasteiger partial charge in [-0.3, -0.25) is 4.68 Å². The summed E-state index contributed by atoms with van der Waals surface area (Å²) in [6, 6.07) is 7.91. The third kappa shape index (κ3) is 1.86. The molecule has 0 saturated heterocycles. The van der Waals surface area contributed by atoms with Crippen molar-refractivity contribution >= 4 is 0 Å². The predicted octanol–water partition coefficient (Wildman–Crippen LogP) is 2.12. The first kappa shape index (κ1) is 10.9. The van der Waals surface area contributed by atoms with Crippen LogP contribution in [0, 0.1) is 13.8 Å². The zero-order valence-corrected chi connectivity index (χ0v) is 9.81. The number of benzene rings is 1. The number of aliphatic hydroxyl groups excluding tert-OH is 1. The van der Waals surface area contributed by atoms with E-state index in [0.717, 1.165) is 16.8 Å². The Balaban J connectivity index is 2.41. The Morgan fingerprint density at radius 3 is 2.56 bits per heavy atom. The minimum absolute atomic E-state index is 0.604. The van der Waals surface area contributed by atoms with Crippen molar-refractivity contribution < 1.29 is 5.11 Å². The van der Waals surface area contributed by atoms with Gasteiger partial charge in [-0.05, 0) is 31.0 Å². The Morgan fingerprint density at radius 2 is 2.00 bits per heavy atom. The largest absolute Gasteiger partial charge is 0.382 e. The first-order valence-electron chi connectivity index (χ1n) is 5.32. The molecule has 2 rings (SSSR count). The van der Waals surface area contributed by atoms with Gasteiger partial charge >= 0.3 is 0 Å². The summed E-state index contributed by atoms with van der Waals surface area (Å²) in [6.07, 6.45) is 1.09. The van der Waals surface area contributed by atoms with Gasteiger partial charge in [-0.25, -0.2) is 0 Å². The summed E-state index contributed by atoms with van der Waals surface area (Å²) in [5.74, 6) is 0. The summed E-state index contributed by atoms with van der Waals surface area (Å²) in [4.78, 5) is 0. The van der Waals surface area contributed by atoms with Crippen LogP contribution in [0.2, 0.25) is 0 Å². The van der Waals surface area contributed by atoms with E-state index in [1.807, 2.05) is 39.1 Å². The number of hydrogen-bond donors (Lipinski definition) is 1. The first-order chi connectivity index (χ1) is 7.59. The highest BCUT2D eigenvalue weighted by molar-refractivity contribution is 5.35. The second kappa shape index (κ2) is 4.10. The molecule has 0 saturated carbocycles. The van der Waals surface area contributed by atoms with Crippen LogP contribution in [0.4, 0.5) is 0 Å². The van der Waals surface area contributed by atoms with Crippen LogP contribution in [0.1, 0.15) is 28.5 Å². The van der Waals surface area contributed by atoms with Crippen molar-refractivity contribution in [2.45, 2.75) is 20.0 Å². The molecular weight excluding hydrogens is 200 g/mol. The van der Waals surface area contributed by atoms with E-state index in [4.69, 9.17) is 0 Å². The first-order valence-corrected chi connectivity index (χ1v) is 5.32. The lowest BCUT2D eigenvalue weighted by Crippen LogP contribution is -2.08. The zero-order chi connectivity index (χ0) is 11.7. The smallest absolute Gasteiger partial charge is 0.121 e. The quantitative estimate of drug-likeness (QED) is 0.835. The Kier molecular flexibility index (Phi) is 2.79. The number of nitrogens with zero attached hydrogens (tertiary/aromatic N) is 2. The fourth-order valence-electron chi connectivity index (χ4n) is 1.94. The monoisotopic (exact) mass is 216 g/mol. The Hall–Kier alpha value is -1.61. The lowest BCUT2D eigenvalue weighted by molar-refractivity contribution is 0.209. The van der Waals surface area contributed by atoms with Gasteiger partial charge in [-0.1, -0.05) is 23.8 Å². The van der Waals surface area contributed by atoms with Crippen LogP contribution in [0.3, 0.4) is 0 Å². The number of rotatable bonds is 2. The third-order valence-corrected chi connectivity index (χ3v) is 2.86. The van der Waals surface area contributed by atoms with Crippen molar-refractivity contribution in [3.05, 3.63) is 52.8 Å². The van der Waals surface area contributed by atoms with Gasteiger partial charge in [0.05, 0.1) is 5.69 Å². The number of aromatic nitrogens is 2. The van der Waals surface area contributed by atoms with Crippen LogP contribution in [0.5, 0.6) is 0 Å². The molecule has 3 heteroatoms. The standard InChI is InChI=1S/C13H16N2O/c1-9-4-5-11(10(2)8-9)13(16)12-6-7-14-15(12)3/h4-8,13,16H,1-3H3. The van der Waals surface area contributed by atoms with Crippen LogP contribution in [-0.4, -0.2) is 14.9 Å². The van der Waals surface area contributed by atoms with Gasteiger partial charge in [-0.15, -0.1) is 0 Å². The summed E-state index contributed by atoms with van der Waals surface area (Å²) in [5, 5.41) is 14.3. The molecule has 0 aliphatic heterocycles. The minimum Gasteiger partial charge on any atom is -0.382 e. The maximum atomic E-state index is 10.3. The molecule has 0 fully saturated rings. The maximum Gasteiger partial charge on any atom is 0.121 e. The second-order valence-electron chi connectivity index (χ2n) is 4.14. The summed E-state index contributed by atoms with van der Waals surface area (Å²) in [7, 11) is 1.84.